The van der Waals surface area contributed by atoms with E-state index >= 15 is 13.2 Å². The number of benzene rings is 3. The summed E-state index contributed by atoms with van der Waals surface area (Å²) in [5.41, 5.74) is 4.66. The summed E-state index contributed by atoms with van der Waals surface area (Å²) >= 11 is 1.56. The predicted molar refractivity (Wildman–Crippen MR) is 258 cm³/mol. The zero-order chi connectivity index (χ0) is 49.1. The number of likely N-dealkylation sites (tertiary alicyclic amines) is 1. The van der Waals surface area contributed by atoms with Crippen LogP contribution in [0, 0.1) is 24.0 Å². The van der Waals surface area contributed by atoms with Crippen molar-refractivity contribution in [3.63, 3.8) is 0 Å². The summed E-state index contributed by atoms with van der Waals surface area (Å²) in [6.45, 7) is 14.2. The van der Waals surface area contributed by atoms with Crippen LogP contribution in [0.3, 0.4) is 0 Å². The molecule has 1 fully saturated rings. The number of aliphatic hydroxyl groups is 1. The van der Waals surface area contributed by atoms with Crippen LogP contribution in [-0.2, 0) is 25.5 Å². The average molecular weight is 959 g/mol. The summed E-state index contributed by atoms with van der Waals surface area (Å²) in [6, 6.07) is 14.6. The number of unbranched alkanes of at least 4 members (excludes halogenated alkanes) is 2. The van der Waals surface area contributed by atoms with E-state index in [1.165, 1.54) is 30.9 Å². The molecule has 7 rings (SSSR count). The number of para-hydroxylation sites is 1. The number of hydrogen-bond acceptors (Lipinski definition) is 9. The predicted octanol–water partition coefficient (Wildman–Crippen LogP) is 8.90. The third-order valence-corrected chi connectivity index (χ3v) is 13.9. The van der Waals surface area contributed by atoms with Crippen molar-refractivity contribution in [2.75, 3.05) is 32.9 Å². The number of rotatable bonds is 18. The molecule has 0 bridgehead atoms. The molecule has 68 heavy (non-hydrogen) atoms. The van der Waals surface area contributed by atoms with E-state index in [1.54, 1.807) is 16.8 Å². The number of carbonyl (C=O) groups excluding carboxylic acids is 3. The zero-order valence-corrected chi connectivity index (χ0v) is 41.1. The molecule has 1 saturated heterocycles. The van der Waals surface area contributed by atoms with Crippen LogP contribution >= 0.6 is 11.3 Å². The molecule has 0 saturated carbocycles. The largest absolute Gasteiger partial charge is 0.493 e. The summed E-state index contributed by atoms with van der Waals surface area (Å²) in [5, 5.41) is 17.4. The quantitative estimate of drug-likeness (QED) is 0.0637. The highest BCUT2D eigenvalue weighted by Crippen LogP contribution is 2.44. The summed E-state index contributed by atoms with van der Waals surface area (Å²) < 4.78 is 58.8. The van der Waals surface area contributed by atoms with Crippen LogP contribution in [0.25, 0.3) is 21.3 Å². The Balaban J connectivity index is 0.872. The molecule has 1 unspecified atom stereocenters. The first-order chi connectivity index (χ1) is 32.2. The number of alkyl halides is 1. The maximum absolute atomic E-state index is 16.1. The van der Waals surface area contributed by atoms with Crippen molar-refractivity contribution < 1.29 is 42.1 Å². The fourth-order valence-electron chi connectivity index (χ4n) is 9.46. The Morgan fingerprint density at radius 3 is 2.34 bits per heavy atom. The zero-order valence-electron chi connectivity index (χ0n) is 40.3. The van der Waals surface area contributed by atoms with Crippen molar-refractivity contribution >= 4 is 40.0 Å². The minimum Gasteiger partial charge on any atom is -0.493 e. The number of amides is 3. The molecule has 6 atom stereocenters. The number of fused-ring (bicyclic) bond motifs is 3. The van der Waals surface area contributed by atoms with E-state index in [9.17, 15) is 19.5 Å². The number of aryl methyl sites for hydroxylation is 1. The number of ether oxygens (including phenoxy) is 2. The van der Waals surface area contributed by atoms with Crippen molar-refractivity contribution in [2.45, 2.75) is 129 Å². The molecular weight excluding hydrogens is 894 g/mol. The first-order valence-electron chi connectivity index (χ1n) is 23.5. The molecule has 4 heterocycles. The molecule has 12 nitrogen and oxygen atoms in total. The number of carbonyl (C=O) groups is 3. The molecule has 0 radical (unpaired) electrons. The Hall–Kier alpha value is -5.29. The Morgan fingerprint density at radius 1 is 0.985 bits per heavy atom. The molecule has 16 heteroatoms. The smallest absolute Gasteiger partial charge is 0.246 e. The van der Waals surface area contributed by atoms with E-state index in [4.69, 9.17) is 9.47 Å². The van der Waals surface area contributed by atoms with E-state index < -0.39 is 64.7 Å². The second kappa shape index (κ2) is 21.1. The standard InChI is InChI=1S/C52H65F3N6O6S/c1-30-22-38-37-14-10-11-15-41(37)58-45(38)46(61(30)28-52(7,8)55)44-39(53)24-36(25-40(44)54)67-21-13-9-12-20-66-27-43(63)59-48(51(4,5)6)50(65)60-26-35(62)23-42(60)49(64)57-31(2)33-16-18-34(19-17-33)47-32(3)56-29-68-47/h10-11,14-19,24-25,29-31,35,42,46,48,58,62H,9,12-13,20-23,26-28H2,1-8H3,(H,57,64)(H,59,63)/t30-,31+,35-,42+,46-,48?/m1/s1. The number of nitrogens with zero attached hydrogens (tertiary/aromatic N) is 3. The number of aliphatic hydroxyl groups excluding tert-OH is 1. The Kier molecular flexibility index (Phi) is 15.7. The first-order valence-corrected chi connectivity index (χ1v) is 24.4. The molecule has 3 aromatic carbocycles. The highest BCUT2D eigenvalue weighted by atomic mass is 32.1. The average Bonchev–Trinajstić information content (AvgIpc) is 3.99. The van der Waals surface area contributed by atoms with Crippen molar-refractivity contribution in [2.24, 2.45) is 5.41 Å². The molecule has 5 aromatic rings. The fourth-order valence-corrected chi connectivity index (χ4v) is 10.3. The van der Waals surface area contributed by atoms with Crippen LogP contribution < -0.4 is 15.4 Å². The lowest BCUT2D eigenvalue weighted by atomic mass is 9.85. The third kappa shape index (κ3) is 11.8. The van der Waals surface area contributed by atoms with Crippen molar-refractivity contribution in [1.29, 1.82) is 0 Å². The monoisotopic (exact) mass is 958 g/mol. The van der Waals surface area contributed by atoms with Crippen LogP contribution in [0.15, 0.2) is 66.2 Å². The topological polar surface area (TPSA) is 149 Å². The van der Waals surface area contributed by atoms with Gasteiger partial charge in [-0.05, 0) is 88.5 Å². The number of hydrogen-bond donors (Lipinski definition) is 4. The highest BCUT2D eigenvalue weighted by Gasteiger charge is 2.45. The number of aromatic amines is 1. The van der Waals surface area contributed by atoms with Crippen LogP contribution in [0.5, 0.6) is 5.75 Å². The number of halogens is 3. The van der Waals surface area contributed by atoms with Gasteiger partial charge in [0.05, 0.1) is 40.9 Å². The van der Waals surface area contributed by atoms with Crippen LogP contribution in [-0.4, -0.2) is 105 Å². The fraction of sp³-hybridized carbons (Fsp3) is 0.500. The van der Waals surface area contributed by atoms with E-state index in [-0.39, 0.29) is 62.7 Å². The van der Waals surface area contributed by atoms with E-state index in [0.29, 0.717) is 31.4 Å². The molecule has 4 N–H and O–H groups in total. The molecule has 2 aliphatic heterocycles. The number of β-amino-alcohol motifs (C(OH)–C–C–N with tert-alkyl or cyclic N) is 1. The molecule has 0 aliphatic carbocycles. The maximum Gasteiger partial charge on any atom is 0.246 e. The van der Waals surface area contributed by atoms with Gasteiger partial charge < -0.3 is 35.1 Å². The van der Waals surface area contributed by atoms with Gasteiger partial charge in [0.2, 0.25) is 17.7 Å². The summed E-state index contributed by atoms with van der Waals surface area (Å²) in [5.74, 6) is -2.87. The Labute approximate surface area is 401 Å². The maximum atomic E-state index is 16.1. The van der Waals surface area contributed by atoms with Crippen LogP contribution in [0.2, 0.25) is 0 Å². The van der Waals surface area contributed by atoms with E-state index in [1.807, 2.05) is 95.0 Å². The minimum atomic E-state index is -1.61. The highest BCUT2D eigenvalue weighted by molar-refractivity contribution is 7.13. The number of H-pyrrole nitrogens is 1. The van der Waals surface area contributed by atoms with Gasteiger partial charge in [0, 0.05) is 66.5 Å². The van der Waals surface area contributed by atoms with Gasteiger partial charge in [0.15, 0.2) is 0 Å². The third-order valence-electron chi connectivity index (χ3n) is 12.9. The van der Waals surface area contributed by atoms with Gasteiger partial charge in [-0.25, -0.2) is 18.2 Å². The normalized spacial score (nSPS) is 19.7. The lowest BCUT2D eigenvalue weighted by molar-refractivity contribution is -0.144. The second-order valence-corrected chi connectivity index (χ2v) is 20.9. The van der Waals surface area contributed by atoms with Gasteiger partial charge in [-0.3, -0.25) is 19.3 Å². The summed E-state index contributed by atoms with van der Waals surface area (Å²) in [7, 11) is 0. The Bertz CT molecular complexity index is 2550. The van der Waals surface area contributed by atoms with Crippen molar-refractivity contribution in [3.05, 3.63) is 106 Å². The van der Waals surface area contributed by atoms with Gasteiger partial charge in [-0.2, -0.15) is 0 Å². The molecule has 3 amide bonds. The number of nitrogens with one attached hydrogen (secondary N) is 3. The van der Waals surface area contributed by atoms with E-state index in [2.05, 4.69) is 20.6 Å². The van der Waals surface area contributed by atoms with E-state index in [0.717, 1.165) is 38.2 Å². The second-order valence-electron chi connectivity index (χ2n) is 20.1. The van der Waals surface area contributed by atoms with Crippen molar-refractivity contribution in [3.8, 4) is 16.2 Å². The minimum absolute atomic E-state index is 0.0187. The molecular formula is C52H65F3N6O6S. The summed E-state index contributed by atoms with van der Waals surface area (Å²) in [4.78, 5) is 52.9. The lowest BCUT2D eigenvalue weighted by Crippen LogP contribution is -2.58. The first kappa shape index (κ1) is 50.6. The molecule has 366 valence electrons. The number of thiazole rings is 1. The molecule has 2 aliphatic rings. The summed E-state index contributed by atoms with van der Waals surface area (Å²) in [6.07, 6.45) is 1.54. The van der Waals surface area contributed by atoms with Gasteiger partial charge in [0.1, 0.15) is 41.7 Å². The van der Waals surface area contributed by atoms with Crippen LogP contribution in [0.4, 0.5) is 13.2 Å². The lowest BCUT2D eigenvalue weighted by Gasteiger charge is -2.43. The van der Waals surface area contributed by atoms with Gasteiger partial charge in [-0.1, -0.05) is 63.2 Å². The Morgan fingerprint density at radius 2 is 1.68 bits per heavy atom. The van der Waals surface area contributed by atoms with Gasteiger partial charge in [-0.15, -0.1) is 11.3 Å². The molecule has 0 spiro atoms. The van der Waals surface area contributed by atoms with Gasteiger partial charge in [0.25, 0.3) is 0 Å². The van der Waals surface area contributed by atoms with Gasteiger partial charge >= 0.3 is 0 Å². The SMILES string of the molecule is Cc1ncsc1-c1ccc([C@H](C)NC(=O)[C@@H]2C[C@@H](O)CN2C(=O)C(NC(=O)COCCCCCOc2cc(F)c([C@@H]3c4[nH]c5ccccc5c4C[C@@H](C)N3CC(C)(C)F)c(F)c2)C(C)(C)C)cc1. The van der Waals surface area contributed by atoms with Crippen molar-refractivity contribution in [1.82, 2.24) is 30.4 Å². The number of aromatic nitrogens is 2. The van der Waals surface area contributed by atoms with Crippen LogP contribution in [0.1, 0.15) is 114 Å². The molecule has 2 aromatic heterocycles.